The molecule has 0 aliphatic rings. The van der Waals surface area contributed by atoms with Crippen molar-refractivity contribution in [2.75, 3.05) is 0 Å². The molecular formula is C15H16FN3O2. The van der Waals surface area contributed by atoms with Gasteiger partial charge in [0.05, 0.1) is 6.04 Å². The number of nitrogens with zero attached hydrogens (tertiary/aromatic N) is 1. The number of aromatic nitrogens is 1. The fraction of sp³-hybridized carbons (Fsp3) is 0.200. The third-order valence-electron chi connectivity index (χ3n) is 2.85. The van der Waals surface area contributed by atoms with Crippen LogP contribution in [0.2, 0.25) is 0 Å². The molecule has 1 atom stereocenters. The van der Waals surface area contributed by atoms with Gasteiger partial charge in [-0.2, -0.15) is 0 Å². The molecule has 0 spiro atoms. The number of carbonyl (C=O) groups is 1. The minimum absolute atomic E-state index is 0.208. The summed E-state index contributed by atoms with van der Waals surface area (Å²) in [5.41, 5.74) is 6.37. The van der Waals surface area contributed by atoms with E-state index >= 15 is 0 Å². The Kier molecular flexibility index (Phi) is 4.71. The standard InChI is InChI=1S/C15H16FN3O2/c1-10(19-15(17)20)14-13(6-3-7-18-14)21-9-11-4-2-5-12(16)8-11/h2-8,10H,9H2,1H3,(H3,17,19,20). The van der Waals surface area contributed by atoms with Crippen molar-refractivity contribution < 1.29 is 13.9 Å². The highest BCUT2D eigenvalue weighted by molar-refractivity contribution is 5.72. The number of primary amides is 1. The highest BCUT2D eigenvalue weighted by Gasteiger charge is 2.14. The molecule has 5 nitrogen and oxygen atoms in total. The first-order valence-corrected chi connectivity index (χ1v) is 6.44. The number of ether oxygens (including phenoxy) is 1. The summed E-state index contributed by atoms with van der Waals surface area (Å²) in [6, 6.07) is 8.61. The molecule has 2 rings (SSSR count). The van der Waals surface area contributed by atoms with Crippen molar-refractivity contribution in [2.45, 2.75) is 19.6 Å². The monoisotopic (exact) mass is 289 g/mol. The molecule has 1 aromatic heterocycles. The topological polar surface area (TPSA) is 77.2 Å². The van der Waals surface area contributed by atoms with E-state index in [2.05, 4.69) is 10.3 Å². The first kappa shape index (κ1) is 14.8. The Balaban J connectivity index is 2.11. The maximum Gasteiger partial charge on any atom is 0.312 e. The molecule has 3 N–H and O–H groups in total. The molecule has 2 aromatic rings. The smallest absolute Gasteiger partial charge is 0.312 e. The van der Waals surface area contributed by atoms with Gasteiger partial charge < -0.3 is 15.8 Å². The van der Waals surface area contributed by atoms with E-state index in [0.29, 0.717) is 17.0 Å². The molecule has 1 unspecified atom stereocenters. The SMILES string of the molecule is CC(NC(N)=O)c1ncccc1OCc1cccc(F)c1. The van der Waals surface area contributed by atoms with Crippen LogP contribution >= 0.6 is 0 Å². The van der Waals surface area contributed by atoms with Gasteiger partial charge in [0.25, 0.3) is 0 Å². The summed E-state index contributed by atoms with van der Waals surface area (Å²) in [5.74, 6) is 0.203. The minimum Gasteiger partial charge on any atom is -0.487 e. The molecule has 1 aromatic carbocycles. The molecule has 110 valence electrons. The Hall–Kier alpha value is -2.63. The second kappa shape index (κ2) is 6.69. The van der Waals surface area contributed by atoms with Gasteiger partial charge in [-0.25, -0.2) is 9.18 Å². The number of urea groups is 1. The van der Waals surface area contributed by atoms with Crippen LogP contribution in [0.1, 0.15) is 24.2 Å². The van der Waals surface area contributed by atoms with Crippen LogP contribution in [0.25, 0.3) is 0 Å². The van der Waals surface area contributed by atoms with E-state index < -0.39 is 6.03 Å². The van der Waals surface area contributed by atoms with Crippen molar-refractivity contribution in [3.8, 4) is 5.75 Å². The van der Waals surface area contributed by atoms with E-state index in [1.807, 2.05) is 0 Å². The summed E-state index contributed by atoms with van der Waals surface area (Å²) < 4.78 is 18.8. The lowest BCUT2D eigenvalue weighted by Gasteiger charge is -2.16. The van der Waals surface area contributed by atoms with Gasteiger partial charge in [-0.1, -0.05) is 12.1 Å². The second-order valence-corrected chi connectivity index (χ2v) is 4.54. The highest BCUT2D eigenvalue weighted by atomic mass is 19.1. The largest absolute Gasteiger partial charge is 0.487 e. The van der Waals surface area contributed by atoms with Crippen LogP contribution in [0.15, 0.2) is 42.6 Å². The van der Waals surface area contributed by atoms with Crippen molar-refractivity contribution in [1.82, 2.24) is 10.3 Å². The number of pyridine rings is 1. The van der Waals surface area contributed by atoms with Gasteiger partial charge in [0.2, 0.25) is 0 Å². The zero-order valence-electron chi connectivity index (χ0n) is 11.5. The molecule has 0 bridgehead atoms. The van der Waals surface area contributed by atoms with Crippen LogP contribution < -0.4 is 15.8 Å². The lowest BCUT2D eigenvalue weighted by atomic mass is 10.2. The van der Waals surface area contributed by atoms with Crippen molar-refractivity contribution in [3.63, 3.8) is 0 Å². The first-order chi connectivity index (χ1) is 10.1. The van der Waals surface area contributed by atoms with Crippen LogP contribution in [-0.2, 0) is 6.61 Å². The molecule has 21 heavy (non-hydrogen) atoms. The molecule has 6 heteroatoms. The molecule has 0 aliphatic heterocycles. The van der Waals surface area contributed by atoms with Crippen molar-refractivity contribution in [2.24, 2.45) is 5.73 Å². The zero-order chi connectivity index (χ0) is 15.2. The van der Waals surface area contributed by atoms with E-state index in [1.54, 1.807) is 37.4 Å². The summed E-state index contributed by atoms with van der Waals surface area (Å²) in [7, 11) is 0. The molecule has 0 saturated heterocycles. The van der Waals surface area contributed by atoms with Gasteiger partial charge in [-0.3, -0.25) is 4.98 Å². The van der Waals surface area contributed by atoms with Crippen LogP contribution in [0.3, 0.4) is 0 Å². The minimum atomic E-state index is -0.635. The number of nitrogens with one attached hydrogen (secondary N) is 1. The summed E-state index contributed by atoms with van der Waals surface area (Å²) in [6.45, 7) is 1.96. The molecular weight excluding hydrogens is 273 g/mol. The predicted molar refractivity (Wildman–Crippen MR) is 76.1 cm³/mol. The molecule has 0 aliphatic carbocycles. The van der Waals surface area contributed by atoms with E-state index in [0.717, 1.165) is 0 Å². The summed E-state index contributed by atoms with van der Waals surface area (Å²) in [6.07, 6.45) is 1.60. The van der Waals surface area contributed by atoms with Crippen molar-refractivity contribution in [3.05, 3.63) is 59.7 Å². The first-order valence-electron chi connectivity index (χ1n) is 6.44. The van der Waals surface area contributed by atoms with Crippen LogP contribution in [-0.4, -0.2) is 11.0 Å². The van der Waals surface area contributed by atoms with Crippen molar-refractivity contribution in [1.29, 1.82) is 0 Å². The van der Waals surface area contributed by atoms with E-state index in [1.165, 1.54) is 12.1 Å². The number of rotatable bonds is 5. The van der Waals surface area contributed by atoms with E-state index in [4.69, 9.17) is 10.5 Å². The zero-order valence-corrected chi connectivity index (χ0v) is 11.5. The number of benzene rings is 1. The molecule has 1 heterocycles. The van der Waals surface area contributed by atoms with E-state index in [9.17, 15) is 9.18 Å². The molecule has 0 radical (unpaired) electrons. The number of hydrogen-bond donors (Lipinski definition) is 2. The van der Waals surface area contributed by atoms with E-state index in [-0.39, 0.29) is 18.5 Å². The molecule has 2 amide bonds. The Bertz CT molecular complexity index is 634. The molecule has 0 fully saturated rings. The van der Waals surface area contributed by atoms with Crippen molar-refractivity contribution >= 4 is 6.03 Å². The Morgan fingerprint density at radius 1 is 1.43 bits per heavy atom. The van der Waals surface area contributed by atoms with Gasteiger partial charge >= 0.3 is 6.03 Å². The van der Waals surface area contributed by atoms with Gasteiger partial charge in [0.15, 0.2) is 0 Å². The number of carbonyl (C=O) groups excluding carboxylic acids is 1. The average molecular weight is 289 g/mol. The van der Waals surface area contributed by atoms with Gasteiger partial charge in [-0.05, 0) is 36.8 Å². The van der Waals surface area contributed by atoms with Gasteiger partial charge in [-0.15, -0.1) is 0 Å². The Labute approximate surface area is 121 Å². The van der Waals surface area contributed by atoms with Crippen LogP contribution in [0.4, 0.5) is 9.18 Å². The Morgan fingerprint density at radius 2 is 2.24 bits per heavy atom. The third kappa shape index (κ3) is 4.17. The lowest BCUT2D eigenvalue weighted by Crippen LogP contribution is -2.32. The summed E-state index contributed by atoms with van der Waals surface area (Å²) in [4.78, 5) is 15.1. The number of halogens is 1. The number of hydrogen-bond acceptors (Lipinski definition) is 3. The molecule has 0 saturated carbocycles. The van der Waals surface area contributed by atoms with Gasteiger partial charge in [0, 0.05) is 6.20 Å². The highest BCUT2D eigenvalue weighted by Crippen LogP contribution is 2.23. The average Bonchev–Trinajstić information content (AvgIpc) is 2.45. The maximum atomic E-state index is 13.1. The van der Waals surface area contributed by atoms with Gasteiger partial charge in [0.1, 0.15) is 23.9 Å². The lowest BCUT2D eigenvalue weighted by molar-refractivity contribution is 0.245. The normalized spacial score (nSPS) is 11.7. The second-order valence-electron chi connectivity index (χ2n) is 4.54. The predicted octanol–water partition coefficient (Wildman–Crippen LogP) is 2.53. The fourth-order valence-corrected chi connectivity index (χ4v) is 1.92. The number of nitrogens with two attached hydrogens (primary N) is 1. The maximum absolute atomic E-state index is 13.1. The Morgan fingerprint density at radius 3 is 2.95 bits per heavy atom. The third-order valence-corrected chi connectivity index (χ3v) is 2.85. The fourth-order valence-electron chi connectivity index (χ4n) is 1.92. The summed E-state index contributed by atoms with van der Waals surface area (Å²) >= 11 is 0. The van der Waals surface area contributed by atoms with Crippen LogP contribution in [0.5, 0.6) is 5.75 Å². The van der Waals surface area contributed by atoms with Crippen LogP contribution in [0, 0.1) is 5.82 Å². The number of amides is 2. The summed E-state index contributed by atoms with van der Waals surface area (Å²) in [5, 5.41) is 2.54. The quantitative estimate of drug-likeness (QED) is 0.888.